The summed E-state index contributed by atoms with van der Waals surface area (Å²) in [7, 11) is -0.952. The maximum Gasteiger partial charge on any atom is 2.00 e. The van der Waals surface area contributed by atoms with Gasteiger partial charge in [0.05, 0.1) is 90.9 Å². The van der Waals surface area contributed by atoms with Gasteiger partial charge in [-0.15, -0.1) is 0 Å². The number of amides is 3. The number of fused-ring (bicyclic) bond motifs is 6. The van der Waals surface area contributed by atoms with Gasteiger partial charge in [0, 0.05) is 93.7 Å². The molecule has 132 heavy (non-hydrogen) atoms. The Bertz CT molecular complexity index is 5930. The van der Waals surface area contributed by atoms with Crippen molar-refractivity contribution in [2.24, 2.45) is 4.99 Å². The largest absolute Gasteiger partial charge is 2.00 e. The van der Waals surface area contributed by atoms with Gasteiger partial charge in [0.1, 0.15) is 63.8 Å². The van der Waals surface area contributed by atoms with Crippen molar-refractivity contribution in [1.29, 1.82) is 0 Å². The first-order valence-electron chi connectivity index (χ1n) is 41.9. The molecule has 20 rings (SSSR count). The van der Waals surface area contributed by atoms with Crippen molar-refractivity contribution >= 4 is 181 Å². The van der Waals surface area contributed by atoms with Crippen molar-refractivity contribution in [2.75, 3.05) is 11.1 Å². The molecule has 41 heteroatoms. The number of nitrogens with zero attached hydrogens (tertiary/aromatic N) is 18. The first-order chi connectivity index (χ1) is 61.8. The number of aryl methyl sites for hydroxylation is 2. The minimum atomic E-state index is -1.07. The minimum absolute atomic E-state index is 0. The van der Waals surface area contributed by atoms with Gasteiger partial charge in [-0.1, -0.05) is 59.9 Å². The number of nitrogens with two attached hydrogens (primary N) is 1. The molecule has 4 unspecified atom stereocenters. The van der Waals surface area contributed by atoms with Crippen molar-refractivity contribution in [2.45, 2.75) is 205 Å². The molecule has 7 N–H and O–H groups in total. The van der Waals surface area contributed by atoms with Crippen LogP contribution < -0.4 is 38.7 Å². The number of imide groups is 1. The predicted octanol–water partition coefficient (Wildman–Crippen LogP) is 14.2. The van der Waals surface area contributed by atoms with Crippen LogP contribution in [0.15, 0.2) is 219 Å². The summed E-state index contributed by atoms with van der Waals surface area (Å²) in [5, 5.41) is 28.7. The Kier molecular flexibility index (Phi) is 37.4. The van der Waals surface area contributed by atoms with Crippen LogP contribution in [0.25, 0.3) is 33.6 Å². The summed E-state index contributed by atoms with van der Waals surface area (Å²) in [4.78, 5) is 100. The van der Waals surface area contributed by atoms with Crippen LogP contribution >= 0.6 is 86.9 Å². The van der Waals surface area contributed by atoms with Crippen LogP contribution in [0, 0.1) is 6.20 Å². The van der Waals surface area contributed by atoms with Gasteiger partial charge >= 0.3 is 37.1 Å². The molecule has 4 saturated heterocycles. The van der Waals surface area contributed by atoms with Gasteiger partial charge in [-0.2, -0.15) is 18.2 Å². The number of anilines is 2. The number of rotatable bonds is 9. The number of pyridine rings is 9. The zero-order valence-corrected chi connectivity index (χ0v) is 85.6. The molecular weight excluding hydrogens is 2060 g/mol. The van der Waals surface area contributed by atoms with Gasteiger partial charge in [-0.05, 0) is 270 Å². The average Bonchev–Trinajstić information content (AvgIpc) is 1.59. The average molecular weight is 2160 g/mol. The summed E-state index contributed by atoms with van der Waals surface area (Å²) < 4.78 is 31.2. The molecule has 0 radical (unpaired) electrons. The number of aliphatic imine (C=N–C) groups is 1. The molecule has 4 fully saturated rings. The fourth-order valence-electron chi connectivity index (χ4n) is 13.8. The van der Waals surface area contributed by atoms with E-state index in [2.05, 4.69) is 177 Å². The molecule has 0 aliphatic carbocycles. The Balaban J connectivity index is 0.000000159. The van der Waals surface area contributed by atoms with Crippen LogP contribution in [0.5, 0.6) is 0 Å². The Morgan fingerprint density at radius 2 is 0.970 bits per heavy atom. The van der Waals surface area contributed by atoms with Crippen molar-refractivity contribution in [3.63, 3.8) is 0 Å². The van der Waals surface area contributed by atoms with E-state index in [4.69, 9.17) is 57.5 Å². The topological polar surface area (TPSA) is 406 Å². The number of aliphatic hydroxyl groups is 2. The van der Waals surface area contributed by atoms with E-state index < -0.39 is 25.2 Å². The molecule has 13 aromatic heterocycles. The predicted molar refractivity (Wildman–Crippen MR) is 519 cm³/mol. The van der Waals surface area contributed by atoms with E-state index in [1.807, 2.05) is 165 Å². The Labute approximate surface area is 837 Å². The van der Waals surface area contributed by atoms with Crippen LogP contribution in [-0.2, 0) is 57.0 Å². The van der Waals surface area contributed by atoms with E-state index in [0.717, 1.165) is 134 Å². The fourth-order valence-corrected chi connectivity index (χ4v) is 15.7. The zero-order valence-electron chi connectivity index (χ0n) is 74.7. The minimum Gasteiger partial charge on any atom is -1.00 e. The third-order valence-electron chi connectivity index (χ3n) is 21.9. The quantitative estimate of drug-likeness (QED) is 0.0338. The smallest absolute Gasteiger partial charge is 1.00 e. The molecule has 7 aliphatic heterocycles. The van der Waals surface area contributed by atoms with E-state index in [1.165, 1.54) is 0 Å². The molecule has 20 heterocycles. The number of carbonyl (C=O) groups excluding carboxylic acids is 3. The molecule has 0 bridgehead atoms. The number of hydrogen-bond acceptors (Lipinski definition) is 27. The number of imidazole rings is 2. The van der Waals surface area contributed by atoms with Gasteiger partial charge in [0.2, 0.25) is 17.7 Å². The molecule has 31 nitrogen and oxygen atoms in total. The maximum atomic E-state index is 10.9. The number of hydrogen-bond donors (Lipinski definition) is 6. The van der Waals surface area contributed by atoms with Gasteiger partial charge in [0.25, 0.3) is 0 Å². The zero-order chi connectivity index (χ0) is 93.3. The normalized spacial score (nSPS) is 18.2. The number of halogens is 7. The SMILES string of the molecule is CC(C)(O)c1ncc(-c2ccc3nc4n(c3n2)C(c2ccccn2)CC4)cn1.CC(C)(O)c1ncc(Br)cn1.CC1(C)OB(B2OC(C)(C)C(C)(C)O2)OC1(C)C.Clc1ccc(NC2=NC(c3ccccn3)CC2)c(Br)n1.Clc1ccc2nc3n(c2n1)C(c1ccccn1)CC3.Nc1ccc(Br)nc1Br.O=C1CCC(=O)N1.O=C1CCC(c2ccccn2)N1.[Br-].[Mg+2].[c-]1ccccn1. The summed E-state index contributed by atoms with van der Waals surface area (Å²) >= 11 is 24.8. The van der Waals surface area contributed by atoms with E-state index in [1.54, 1.807) is 101 Å². The van der Waals surface area contributed by atoms with E-state index in [-0.39, 0.29) is 104 Å². The van der Waals surface area contributed by atoms with Crippen LogP contribution in [0.3, 0.4) is 0 Å². The maximum absolute atomic E-state index is 10.9. The fraction of sp³-hybridized carbons (Fsp3) is 0.352. The number of nitrogen functional groups attached to an aromatic ring is 1. The molecule has 3 amide bonds. The van der Waals surface area contributed by atoms with Crippen LogP contribution in [0.2, 0.25) is 10.3 Å². The molecule has 0 saturated carbocycles. The van der Waals surface area contributed by atoms with Gasteiger partial charge in [0.15, 0.2) is 22.9 Å². The van der Waals surface area contributed by atoms with Gasteiger partial charge in [-0.3, -0.25) is 44.6 Å². The van der Waals surface area contributed by atoms with Gasteiger partial charge < -0.3 is 76.3 Å². The van der Waals surface area contributed by atoms with Crippen molar-refractivity contribution in [1.82, 2.24) is 94.5 Å². The molecule has 13 aromatic rings. The third kappa shape index (κ3) is 28.3. The first-order valence-corrected chi connectivity index (χ1v) is 45.9. The van der Waals surface area contributed by atoms with Crippen molar-refractivity contribution in [3.05, 3.63) is 276 Å². The molecule has 0 aromatic carbocycles. The van der Waals surface area contributed by atoms with Crippen molar-refractivity contribution < 1.29 is 60.2 Å². The summed E-state index contributed by atoms with van der Waals surface area (Å²) in [6, 6.07) is 44.6. The Hall–Kier alpha value is -9.03. The van der Waals surface area contributed by atoms with Gasteiger partial charge in [-0.25, -0.2) is 49.8 Å². The number of aromatic nitrogens is 17. The number of amidine groups is 1. The second kappa shape index (κ2) is 47.0. The molecule has 0 spiro atoms. The molecular formula is C91H99B2Br5Cl2MgN22O9. The monoisotopic (exact) mass is 2150 g/mol. The molecule has 7 aliphatic rings. The Morgan fingerprint density at radius 1 is 0.500 bits per heavy atom. The van der Waals surface area contributed by atoms with E-state index >= 15 is 0 Å². The van der Waals surface area contributed by atoms with Crippen LogP contribution in [-0.4, -0.2) is 177 Å². The standard InChI is InChI=1S/C21H20N6O.C14H12BrClN4.C14H11ClN4.C12H24B2O4.C9H10N2O.C7H9BrN2O.C5H4Br2N2.C5H4N.C4H5NO2.BrH.Mg/c1-21(2,28)20-23-11-13(12-24-20)14-6-7-16-19(26-14)27-17(8-9-18(27)25-16)15-5-3-4-10-22-15;15-14-11(4-6-12(16)20-14)19-13-7-5-10(18-13)9-3-1-2-8-17-9;15-12-6-4-10-14(18-12)19-11(5-7-13(19)17-10)9-3-1-2-8-16-9;1-9(2)10(3,4)16-13(15-9)14-17-11(5,6)12(7,8)18-14;12-9-5-4-8(11-9)7-3-1-2-6-10-7;1-7(2,11)6-9-3-5(8)4-10-6;6-4-2-1-3(8)5(7)9-4;1-2-4-6-5-3-1;6-3-1-2-4(7)5-3;;/h3-7,10-12,17,28H,8-9H2,1-2H3;1-4,6,8,10H,5,7H2,(H,18,19);1-4,6,8,11H,5,7H2;1-8H3;1-3,6,8H,4-5H2,(H,11,12);3-4,11H,1-2H3;1-2H,8H2;1-4H;1-2H2,(H,5,6,7);1H;/q;;;;;;;-1;;;+2/p-1. The third-order valence-corrected chi connectivity index (χ3v) is 24.4. The summed E-state index contributed by atoms with van der Waals surface area (Å²) in [5.74, 6) is 3.72. The first kappa shape index (κ1) is 105. The van der Waals surface area contributed by atoms with E-state index in [9.17, 15) is 24.6 Å². The second-order valence-corrected chi connectivity index (χ2v) is 37.7. The summed E-state index contributed by atoms with van der Waals surface area (Å²) in [6.45, 7) is 22.8. The molecule has 684 valence electrons. The summed E-state index contributed by atoms with van der Waals surface area (Å²) in [6.07, 6.45) is 26.1. The van der Waals surface area contributed by atoms with Crippen LogP contribution in [0.1, 0.15) is 205 Å². The number of carbonyl (C=O) groups is 3. The number of nitrogens with one attached hydrogen (secondary N) is 3. The van der Waals surface area contributed by atoms with E-state index in [0.29, 0.717) is 56.1 Å². The van der Waals surface area contributed by atoms with Crippen molar-refractivity contribution in [3.8, 4) is 11.3 Å². The summed E-state index contributed by atoms with van der Waals surface area (Å²) in [5.41, 5.74) is 12.7. The van der Waals surface area contributed by atoms with Crippen LogP contribution in [0.4, 0.5) is 11.4 Å². The Morgan fingerprint density at radius 3 is 1.39 bits per heavy atom. The molecule has 4 atom stereocenters. The second-order valence-electron chi connectivity index (χ2n) is 33.7.